The van der Waals surface area contributed by atoms with Crippen LogP contribution in [-0.4, -0.2) is 14.8 Å². The Morgan fingerprint density at radius 3 is 2.40 bits per heavy atom. The molecule has 7 rings (SSSR count). The molecule has 0 saturated carbocycles. The Labute approximate surface area is 202 Å². The Bertz CT molecular complexity index is 1630. The van der Waals surface area contributed by atoms with Crippen molar-refractivity contribution in [3.63, 3.8) is 0 Å². The van der Waals surface area contributed by atoms with E-state index in [0.29, 0.717) is 5.89 Å². The monoisotopic (exact) mass is 454 g/mol. The Morgan fingerprint density at radius 1 is 0.686 bits per heavy atom. The lowest BCUT2D eigenvalue weighted by Crippen LogP contribution is -2.12. The van der Waals surface area contributed by atoms with Crippen molar-refractivity contribution in [1.29, 1.82) is 0 Å². The molecule has 0 N–H and O–H groups in total. The van der Waals surface area contributed by atoms with Crippen LogP contribution >= 0.6 is 0 Å². The van der Waals surface area contributed by atoms with Crippen LogP contribution in [0.4, 0.5) is 17.1 Å². The molecular weight excluding hydrogens is 432 g/mol. The third-order valence-corrected chi connectivity index (χ3v) is 6.62. The zero-order valence-electron chi connectivity index (χ0n) is 19.0. The van der Waals surface area contributed by atoms with E-state index in [1.165, 1.54) is 16.8 Å². The van der Waals surface area contributed by atoms with Gasteiger partial charge in [0.1, 0.15) is 5.52 Å². The van der Waals surface area contributed by atoms with Gasteiger partial charge in [0, 0.05) is 29.3 Å². The Morgan fingerprint density at radius 2 is 1.51 bits per heavy atom. The molecule has 0 fully saturated rings. The molecule has 0 aliphatic carbocycles. The third-order valence-electron chi connectivity index (χ3n) is 6.62. The maximum absolute atomic E-state index is 6.11. The summed E-state index contributed by atoms with van der Waals surface area (Å²) >= 11 is 0. The van der Waals surface area contributed by atoms with Crippen molar-refractivity contribution in [3.05, 3.63) is 121 Å². The number of hydrogen-bond donors (Lipinski definition) is 0. The number of anilines is 3. The Hall–Kier alpha value is -4.64. The lowest BCUT2D eigenvalue weighted by Gasteiger charge is -2.28. The standard InChI is InChI=1S/C30H22N4O/c1-3-11-27-21(7-1)13-14-22-15-16-23(30-32-26-10-2-4-12-29(26)35-30)19-28(22)34(27)25-9-5-8-24(20-25)33-18-6-17-31-33/h1-12,15-20H,13-14H2. The molecule has 2 aromatic heterocycles. The van der Waals surface area contributed by atoms with E-state index in [1.807, 2.05) is 41.2 Å². The van der Waals surface area contributed by atoms with Gasteiger partial charge in [0.25, 0.3) is 0 Å². The fraction of sp³-hybridized carbons (Fsp3) is 0.0667. The van der Waals surface area contributed by atoms with Crippen molar-refractivity contribution >= 4 is 28.2 Å². The summed E-state index contributed by atoms with van der Waals surface area (Å²) in [5.41, 5.74) is 9.70. The normalized spacial score (nSPS) is 12.9. The molecule has 168 valence electrons. The molecule has 5 heteroatoms. The van der Waals surface area contributed by atoms with Crippen molar-refractivity contribution in [2.45, 2.75) is 12.8 Å². The highest BCUT2D eigenvalue weighted by atomic mass is 16.3. The SMILES string of the molecule is c1cc(N2c3ccccc3CCc3ccc(-c4nc5ccccc5o4)cc32)cc(-n2cccn2)c1. The van der Waals surface area contributed by atoms with Crippen LogP contribution in [0, 0.1) is 0 Å². The van der Waals surface area contributed by atoms with Gasteiger partial charge in [-0.3, -0.25) is 0 Å². The van der Waals surface area contributed by atoms with Gasteiger partial charge in [-0.1, -0.05) is 42.5 Å². The van der Waals surface area contributed by atoms with E-state index in [-0.39, 0.29) is 0 Å². The molecule has 0 bridgehead atoms. The maximum Gasteiger partial charge on any atom is 0.227 e. The second-order valence-corrected chi connectivity index (χ2v) is 8.76. The molecule has 6 aromatic rings. The highest BCUT2D eigenvalue weighted by Crippen LogP contribution is 2.43. The van der Waals surface area contributed by atoms with Gasteiger partial charge in [0.2, 0.25) is 5.89 Å². The molecule has 0 amide bonds. The van der Waals surface area contributed by atoms with E-state index >= 15 is 0 Å². The Kier molecular flexibility index (Phi) is 4.52. The lowest BCUT2D eigenvalue weighted by atomic mass is 10.0. The molecule has 0 spiro atoms. The van der Waals surface area contributed by atoms with Crippen LogP contribution in [0.15, 0.2) is 114 Å². The molecule has 0 atom stereocenters. The molecule has 0 radical (unpaired) electrons. The highest BCUT2D eigenvalue weighted by molar-refractivity contribution is 5.85. The average molecular weight is 455 g/mol. The van der Waals surface area contributed by atoms with Gasteiger partial charge in [0.15, 0.2) is 5.58 Å². The highest BCUT2D eigenvalue weighted by Gasteiger charge is 2.23. The third kappa shape index (κ3) is 3.40. The first kappa shape index (κ1) is 19.8. The summed E-state index contributed by atoms with van der Waals surface area (Å²) in [4.78, 5) is 7.11. The molecule has 4 aromatic carbocycles. The van der Waals surface area contributed by atoms with E-state index in [0.717, 1.165) is 46.6 Å². The smallest absolute Gasteiger partial charge is 0.227 e. The van der Waals surface area contributed by atoms with Gasteiger partial charge in [-0.25, -0.2) is 9.67 Å². The number of oxazole rings is 1. The number of nitrogens with zero attached hydrogens (tertiary/aromatic N) is 4. The van der Waals surface area contributed by atoms with Crippen LogP contribution in [0.2, 0.25) is 0 Å². The molecule has 5 nitrogen and oxygen atoms in total. The van der Waals surface area contributed by atoms with Crippen LogP contribution in [0.5, 0.6) is 0 Å². The summed E-state index contributed by atoms with van der Waals surface area (Å²) in [7, 11) is 0. The number of hydrogen-bond acceptors (Lipinski definition) is 4. The first-order chi connectivity index (χ1) is 17.3. The summed E-state index contributed by atoms with van der Waals surface area (Å²) in [6.45, 7) is 0. The number of aryl methyl sites for hydroxylation is 2. The van der Waals surface area contributed by atoms with Crippen LogP contribution in [-0.2, 0) is 12.8 Å². The zero-order valence-corrected chi connectivity index (χ0v) is 19.0. The number of para-hydroxylation sites is 3. The van der Waals surface area contributed by atoms with Crippen LogP contribution < -0.4 is 4.90 Å². The predicted octanol–water partition coefficient (Wildman–Crippen LogP) is 7.25. The number of rotatable bonds is 3. The summed E-state index contributed by atoms with van der Waals surface area (Å²) in [5, 5.41) is 4.43. The van der Waals surface area contributed by atoms with Crippen molar-refractivity contribution in [3.8, 4) is 17.1 Å². The first-order valence-corrected chi connectivity index (χ1v) is 11.8. The zero-order chi connectivity index (χ0) is 23.2. The topological polar surface area (TPSA) is 47.1 Å². The number of fused-ring (bicyclic) bond motifs is 3. The van der Waals surface area contributed by atoms with E-state index in [4.69, 9.17) is 9.40 Å². The number of aromatic nitrogens is 3. The quantitative estimate of drug-likeness (QED) is 0.283. The van der Waals surface area contributed by atoms with Gasteiger partial charge < -0.3 is 9.32 Å². The van der Waals surface area contributed by atoms with Gasteiger partial charge >= 0.3 is 0 Å². The van der Waals surface area contributed by atoms with Crippen LogP contribution in [0.3, 0.4) is 0 Å². The minimum Gasteiger partial charge on any atom is -0.436 e. The van der Waals surface area contributed by atoms with Crippen molar-refractivity contribution in [2.24, 2.45) is 0 Å². The molecule has 0 saturated heterocycles. The summed E-state index contributed by atoms with van der Waals surface area (Å²) < 4.78 is 8.01. The number of benzene rings is 4. The molecule has 3 heterocycles. The fourth-order valence-electron chi connectivity index (χ4n) is 4.93. The molecular formula is C30H22N4O. The summed E-state index contributed by atoms with van der Waals surface area (Å²) in [6, 6.07) is 33.6. The van der Waals surface area contributed by atoms with E-state index < -0.39 is 0 Å². The molecule has 1 aliphatic rings. The van der Waals surface area contributed by atoms with E-state index in [2.05, 4.69) is 76.7 Å². The van der Waals surface area contributed by atoms with Gasteiger partial charge in [-0.15, -0.1) is 0 Å². The van der Waals surface area contributed by atoms with Gasteiger partial charge in [-0.2, -0.15) is 5.10 Å². The maximum atomic E-state index is 6.11. The second kappa shape index (κ2) is 7.99. The van der Waals surface area contributed by atoms with Crippen molar-refractivity contribution in [1.82, 2.24) is 14.8 Å². The fourth-order valence-corrected chi connectivity index (χ4v) is 4.93. The predicted molar refractivity (Wildman–Crippen MR) is 139 cm³/mol. The van der Waals surface area contributed by atoms with Crippen molar-refractivity contribution in [2.75, 3.05) is 4.90 Å². The lowest BCUT2D eigenvalue weighted by molar-refractivity contribution is 0.620. The first-order valence-electron chi connectivity index (χ1n) is 11.8. The average Bonchev–Trinajstić information content (AvgIpc) is 3.56. The molecule has 0 unspecified atom stereocenters. The minimum absolute atomic E-state index is 0.636. The largest absolute Gasteiger partial charge is 0.436 e. The van der Waals surface area contributed by atoms with E-state index in [1.54, 1.807) is 6.20 Å². The second-order valence-electron chi connectivity index (χ2n) is 8.76. The molecule has 1 aliphatic heterocycles. The van der Waals surface area contributed by atoms with E-state index in [9.17, 15) is 0 Å². The van der Waals surface area contributed by atoms with Crippen LogP contribution in [0.25, 0.3) is 28.2 Å². The molecule has 35 heavy (non-hydrogen) atoms. The van der Waals surface area contributed by atoms with Gasteiger partial charge in [0.05, 0.1) is 11.4 Å². The Balaban J connectivity index is 1.43. The summed E-state index contributed by atoms with van der Waals surface area (Å²) in [6.07, 6.45) is 5.72. The van der Waals surface area contributed by atoms with Crippen molar-refractivity contribution < 1.29 is 4.42 Å². The summed E-state index contributed by atoms with van der Waals surface area (Å²) in [5.74, 6) is 0.636. The van der Waals surface area contributed by atoms with Gasteiger partial charge in [-0.05, 0) is 78.6 Å². The van der Waals surface area contributed by atoms with Crippen LogP contribution in [0.1, 0.15) is 11.1 Å². The minimum atomic E-state index is 0.636.